The summed E-state index contributed by atoms with van der Waals surface area (Å²) in [4.78, 5) is 25.8. The van der Waals surface area contributed by atoms with Crippen molar-refractivity contribution in [1.29, 1.82) is 0 Å². The number of hydrogen-bond donors (Lipinski definition) is 0. The van der Waals surface area contributed by atoms with Gasteiger partial charge in [0.15, 0.2) is 17.3 Å². The number of allylic oxidation sites excluding steroid dienone is 1. The minimum Gasteiger partial charge on any atom is -0.493 e. The first-order valence-corrected chi connectivity index (χ1v) is 12.8. The predicted octanol–water partition coefficient (Wildman–Crippen LogP) is 7.75. The topological polar surface area (TPSA) is 75.0 Å². The van der Waals surface area contributed by atoms with Gasteiger partial charge in [-0.2, -0.15) is 0 Å². The highest BCUT2D eigenvalue weighted by molar-refractivity contribution is 6.07. The maximum absolute atomic E-state index is 13.3. The van der Waals surface area contributed by atoms with Crippen LogP contribution in [0.25, 0.3) is 17.0 Å². The summed E-state index contributed by atoms with van der Waals surface area (Å²) >= 11 is 0. The summed E-state index contributed by atoms with van der Waals surface area (Å²) in [5.41, 5.74) is 4.33. The standard InChI is InChI=1S/C34H28O6/c1-22-9-13-26(14-10-22)29(35)16-11-24-12-17-31(32(19-24)37-3)40-34(36)33-23(2)39-30-18-15-27(20-28(30)33)38-21-25-7-5-4-6-8-25/h4-20H,21H2,1-3H3. The quantitative estimate of drug-likeness (QED) is 0.0836. The van der Waals surface area contributed by atoms with E-state index in [1.54, 1.807) is 55.5 Å². The number of aryl methyl sites for hydroxylation is 2. The highest BCUT2D eigenvalue weighted by Crippen LogP contribution is 2.33. The van der Waals surface area contributed by atoms with Crippen LogP contribution in [0.2, 0.25) is 0 Å². The van der Waals surface area contributed by atoms with Gasteiger partial charge in [-0.25, -0.2) is 4.79 Å². The molecule has 0 unspecified atom stereocenters. The second-order valence-electron chi connectivity index (χ2n) is 9.33. The van der Waals surface area contributed by atoms with E-state index in [-0.39, 0.29) is 11.5 Å². The molecule has 0 radical (unpaired) electrons. The van der Waals surface area contributed by atoms with E-state index in [2.05, 4.69) is 0 Å². The fraction of sp³-hybridized carbons (Fsp3) is 0.118. The van der Waals surface area contributed by atoms with Crippen LogP contribution >= 0.6 is 0 Å². The predicted molar refractivity (Wildman–Crippen MR) is 154 cm³/mol. The van der Waals surface area contributed by atoms with Crippen molar-refractivity contribution in [2.75, 3.05) is 7.11 Å². The number of ketones is 1. The lowest BCUT2D eigenvalue weighted by Crippen LogP contribution is -2.10. The van der Waals surface area contributed by atoms with E-state index < -0.39 is 5.97 Å². The molecule has 0 amide bonds. The number of rotatable bonds is 9. The van der Waals surface area contributed by atoms with Crippen LogP contribution in [0.3, 0.4) is 0 Å². The highest BCUT2D eigenvalue weighted by atomic mass is 16.6. The first kappa shape index (κ1) is 26.5. The molecule has 5 aromatic rings. The van der Waals surface area contributed by atoms with Gasteiger partial charge < -0.3 is 18.6 Å². The van der Waals surface area contributed by atoms with Gasteiger partial charge in [0.1, 0.15) is 29.3 Å². The molecule has 0 fully saturated rings. The zero-order valence-electron chi connectivity index (χ0n) is 22.5. The van der Waals surface area contributed by atoms with E-state index in [1.807, 2.05) is 55.5 Å². The maximum atomic E-state index is 13.3. The fourth-order valence-electron chi connectivity index (χ4n) is 4.29. The molecule has 5 rings (SSSR count). The van der Waals surface area contributed by atoms with Crippen LogP contribution in [0, 0.1) is 13.8 Å². The Morgan fingerprint density at radius 3 is 2.38 bits per heavy atom. The number of ether oxygens (including phenoxy) is 3. The van der Waals surface area contributed by atoms with Crippen molar-refractivity contribution < 1.29 is 28.2 Å². The first-order valence-electron chi connectivity index (χ1n) is 12.8. The number of carbonyl (C=O) groups is 2. The monoisotopic (exact) mass is 532 g/mol. The van der Waals surface area contributed by atoms with E-state index >= 15 is 0 Å². The summed E-state index contributed by atoms with van der Waals surface area (Å²) in [5, 5.41) is 0.598. The van der Waals surface area contributed by atoms with Gasteiger partial charge in [-0.1, -0.05) is 72.3 Å². The van der Waals surface area contributed by atoms with Crippen LogP contribution in [0.4, 0.5) is 0 Å². The van der Waals surface area contributed by atoms with Crippen molar-refractivity contribution in [1.82, 2.24) is 0 Å². The third kappa shape index (κ3) is 5.97. The molecule has 0 saturated heterocycles. The Morgan fingerprint density at radius 2 is 1.62 bits per heavy atom. The van der Waals surface area contributed by atoms with Crippen LogP contribution in [-0.2, 0) is 6.61 Å². The van der Waals surface area contributed by atoms with Crippen LogP contribution < -0.4 is 14.2 Å². The molecule has 0 N–H and O–H groups in total. The van der Waals surface area contributed by atoms with Crippen LogP contribution in [-0.4, -0.2) is 18.9 Å². The molecule has 0 bridgehead atoms. The molecule has 4 aromatic carbocycles. The second-order valence-corrected chi connectivity index (χ2v) is 9.33. The Hall–Kier alpha value is -5.10. The minimum atomic E-state index is -0.576. The number of esters is 1. The zero-order chi connectivity index (χ0) is 28.1. The average Bonchev–Trinajstić information content (AvgIpc) is 3.31. The van der Waals surface area contributed by atoms with Gasteiger partial charge in [-0.3, -0.25) is 4.79 Å². The van der Waals surface area contributed by atoms with Crippen molar-refractivity contribution in [3.05, 3.63) is 131 Å². The number of hydrogen-bond acceptors (Lipinski definition) is 6. The Bertz CT molecular complexity index is 1690. The molecule has 6 nitrogen and oxygen atoms in total. The Balaban J connectivity index is 1.33. The summed E-state index contributed by atoms with van der Waals surface area (Å²) in [6.07, 6.45) is 3.20. The number of furan rings is 1. The Morgan fingerprint density at radius 1 is 0.850 bits per heavy atom. The van der Waals surface area contributed by atoms with Crippen molar-refractivity contribution in [2.24, 2.45) is 0 Å². The van der Waals surface area contributed by atoms with Crippen molar-refractivity contribution in [2.45, 2.75) is 20.5 Å². The lowest BCUT2D eigenvalue weighted by Gasteiger charge is -2.10. The van der Waals surface area contributed by atoms with E-state index in [1.165, 1.54) is 13.2 Å². The summed E-state index contributed by atoms with van der Waals surface area (Å²) in [7, 11) is 1.49. The Kier molecular flexibility index (Phi) is 7.78. The van der Waals surface area contributed by atoms with E-state index in [0.717, 1.165) is 16.7 Å². The summed E-state index contributed by atoms with van der Waals surface area (Å²) in [5.74, 6) is 0.973. The van der Waals surface area contributed by atoms with E-state index in [0.29, 0.717) is 46.0 Å². The zero-order valence-corrected chi connectivity index (χ0v) is 22.5. The molecule has 40 heavy (non-hydrogen) atoms. The molecule has 0 aliphatic rings. The molecule has 6 heteroatoms. The number of methoxy groups -OCH3 is 1. The maximum Gasteiger partial charge on any atom is 0.347 e. The van der Waals surface area contributed by atoms with Crippen LogP contribution in [0.5, 0.6) is 17.2 Å². The molecule has 0 aliphatic heterocycles. The normalized spacial score (nSPS) is 11.1. The van der Waals surface area contributed by atoms with Gasteiger partial charge in [0, 0.05) is 10.9 Å². The van der Waals surface area contributed by atoms with E-state index in [4.69, 9.17) is 18.6 Å². The van der Waals surface area contributed by atoms with Gasteiger partial charge in [0.25, 0.3) is 0 Å². The number of fused-ring (bicyclic) bond motifs is 1. The fourth-order valence-corrected chi connectivity index (χ4v) is 4.29. The third-order valence-electron chi connectivity index (χ3n) is 6.44. The summed E-state index contributed by atoms with van der Waals surface area (Å²) in [6, 6.07) is 27.7. The summed E-state index contributed by atoms with van der Waals surface area (Å²) in [6.45, 7) is 4.09. The molecule has 1 aromatic heterocycles. The smallest absolute Gasteiger partial charge is 0.347 e. The molecule has 0 saturated carbocycles. The molecule has 200 valence electrons. The summed E-state index contributed by atoms with van der Waals surface area (Å²) < 4.78 is 23.0. The Labute approximate surface area is 232 Å². The van der Waals surface area contributed by atoms with Crippen molar-refractivity contribution in [3.63, 3.8) is 0 Å². The lowest BCUT2D eigenvalue weighted by atomic mass is 10.1. The molecular formula is C34H28O6. The SMILES string of the molecule is COc1cc(C=CC(=O)c2ccc(C)cc2)ccc1OC(=O)c1c(C)oc2ccc(OCc3ccccc3)cc12. The number of carbonyl (C=O) groups excluding carboxylic acids is 2. The van der Waals surface area contributed by atoms with E-state index in [9.17, 15) is 9.59 Å². The van der Waals surface area contributed by atoms with Gasteiger partial charge in [0.05, 0.1) is 7.11 Å². The third-order valence-corrected chi connectivity index (χ3v) is 6.44. The lowest BCUT2D eigenvalue weighted by molar-refractivity contribution is 0.0729. The minimum absolute atomic E-state index is 0.108. The second kappa shape index (κ2) is 11.7. The van der Waals surface area contributed by atoms with Crippen molar-refractivity contribution >= 4 is 28.8 Å². The molecular weight excluding hydrogens is 504 g/mol. The van der Waals surface area contributed by atoms with Crippen molar-refractivity contribution in [3.8, 4) is 17.2 Å². The largest absolute Gasteiger partial charge is 0.493 e. The molecule has 1 heterocycles. The molecule has 0 aliphatic carbocycles. The molecule has 0 spiro atoms. The van der Waals surface area contributed by atoms with Crippen LogP contribution in [0.1, 0.15) is 43.2 Å². The van der Waals surface area contributed by atoms with Crippen LogP contribution in [0.15, 0.2) is 101 Å². The van der Waals surface area contributed by atoms with Gasteiger partial charge in [-0.05, 0) is 61.4 Å². The first-order chi connectivity index (χ1) is 19.4. The van der Waals surface area contributed by atoms with Gasteiger partial charge in [-0.15, -0.1) is 0 Å². The number of benzene rings is 4. The van der Waals surface area contributed by atoms with Gasteiger partial charge in [0.2, 0.25) is 0 Å². The van der Waals surface area contributed by atoms with Gasteiger partial charge >= 0.3 is 5.97 Å². The average molecular weight is 533 g/mol. The molecule has 0 atom stereocenters. The highest BCUT2D eigenvalue weighted by Gasteiger charge is 2.22.